The van der Waals surface area contributed by atoms with Gasteiger partial charge in [-0.05, 0) is 64.2 Å². The molecule has 0 saturated heterocycles. The maximum absolute atomic E-state index is 12.3. The maximum Gasteiger partial charge on any atom is 0.256 e. The monoisotopic (exact) mass is 388 g/mol. The predicted octanol–water partition coefficient (Wildman–Crippen LogP) is 0.656. The number of benzene rings is 1. The molecule has 0 unspecified atom stereocenters. The van der Waals surface area contributed by atoms with E-state index in [2.05, 4.69) is 20.9 Å². The molecular formula is C15H24N4O4S2. The van der Waals surface area contributed by atoms with E-state index in [1.807, 2.05) is 20.8 Å². The third kappa shape index (κ3) is 7.24. The number of hydrazine groups is 1. The first-order valence-electron chi connectivity index (χ1n) is 7.49. The van der Waals surface area contributed by atoms with Gasteiger partial charge in [0.1, 0.15) is 5.75 Å². The molecule has 0 radical (unpaired) electrons. The quantitative estimate of drug-likeness (QED) is 0.433. The largest absolute Gasteiger partial charge is 0.497 e. The molecule has 1 aromatic carbocycles. The summed E-state index contributed by atoms with van der Waals surface area (Å²) >= 11 is 5.03. The van der Waals surface area contributed by atoms with E-state index in [0.29, 0.717) is 5.75 Å². The molecule has 25 heavy (non-hydrogen) atoms. The van der Waals surface area contributed by atoms with Gasteiger partial charge in [-0.3, -0.25) is 15.6 Å². The standard InChI is InChI=1S/C15H24N4O4S2/c1-10(13(20)17-18-14(24)16-15(2,3)4)19-25(21,22)12-8-6-11(23-5)7-9-12/h6-10,19H,1-5H3,(H,17,20)(H2,16,18,24)/t10-/m0/s1. The normalized spacial score (nSPS) is 12.8. The molecule has 0 saturated carbocycles. The molecule has 0 aliphatic heterocycles. The third-order valence-corrected chi connectivity index (χ3v) is 4.64. The first-order chi connectivity index (χ1) is 11.4. The van der Waals surface area contributed by atoms with E-state index in [9.17, 15) is 13.2 Å². The molecule has 0 bridgehead atoms. The molecule has 0 fully saturated rings. The molecule has 0 heterocycles. The minimum absolute atomic E-state index is 0.0332. The number of ether oxygens (including phenoxy) is 1. The number of carbonyl (C=O) groups excluding carboxylic acids is 1. The highest BCUT2D eigenvalue weighted by atomic mass is 32.2. The van der Waals surface area contributed by atoms with Crippen LogP contribution in [-0.2, 0) is 14.8 Å². The van der Waals surface area contributed by atoms with Gasteiger partial charge in [0.25, 0.3) is 5.91 Å². The van der Waals surface area contributed by atoms with E-state index in [1.54, 1.807) is 0 Å². The summed E-state index contributed by atoms with van der Waals surface area (Å²) in [6, 6.07) is 4.84. The van der Waals surface area contributed by atoms with Crippen LogP contribution in [0.5, 0.6) is 5.75 Å². The number of hydrogen-bond acceptors (Lipinski definition) is 5. The number of rotatable bonds is 5. The van der Waals surface area contributed by atoms with Crippen LogP contribution in [0.15, 0.2) is 29.2 Å². The summed E-state index contributed by atoms with van der Waals surface area (Å²) in [5, 5.41) is 3.18. The first kappa shape index (κ1) is 21.1. The Labute approximate surface area is 153 Å². The fourth-order valence-electron chi connectivity index (χ4n) is 1.71. The van der Waals surface area contributed by atoms with E-state index in [0.717, 1.165) is 0 Å². The van der Waals surface area contributed by atoms with Crippen molar-refractivity contribution in [2.24, 2.45) is 0 Å². The van der Waals surface area contributed by atoms with E-state index in [4.69, 9.17) is 17.0 Å². The lowest BCUT2D eigenvalue weighted by molar-refractivity contribution is -0.122. The molecule has 0 aliphatic carbocycles. The highest BCUT2D eigenvalue weighted by molar-refractivity contribution is 7.89. The molecule has 1 amide bonds. The summed E-state index contributed by atoms with van der Waals surface area (Å²) in [6.07, 6.45) is 0. The number of thiocarbonyl (C=S) groups is 1. The van der Waals surface area contributed by atoms with Gasteiger partial charge < -0.3 is 10.1 Å². The molecule has 1 rings (SSSR count). The van der Waals surface area contributed by atoms with Crippen LogP contribution in [0.4, 0.5) is 0 Å². The van der Waals surface area contributed by atoms with Gasteiger partial charge in [0, 0.05) is 5.54 Å². The SMILES string of the molecule is COc1ccc(S(=O)(=O)N[C@@H](C)C(=O)NNC(=S)NC(C)(C)C)cc1. The second-order valence-electron chi connectivity index (χ2n) is 6.34. The van der Waals surface area contributed by atoms with Crippen molar-refractivity contribution in [3.05, 3.63) is 24.3 Å². The number of sulfonamides is 1. The fourth-order valence-corrected chi connectivity index (χ4v) is 3.27. The minimum atomic E-state index is -3.84. The Morgan fingerprint density at radius 3 is 2.20 bits per heavy atom. The zero-order valence-electron chi connectivity index (χ0n) is 14.8. The van der Waals surface area contributed by atoms with E-state index >= 15 is 0 Å². The van der Waals surface area contributed by atoms with Gasteiger partial charge in [-0.15, -0.1) is 0 Å². The van der Waals surface area contributed by atoms with Crippen LogP contribution in [0.25, 0.3) is 0 Å². The predicted molar refractivity (Wildman–Crippen MR) is 99.5 cm³/mol. The molecule has 140 valence electrons. The van der Waals surface area contributed by atoms with Crippen molar-refractivity contribution in [3.63, 3.8) is 0 Å². The van der Waals surface area contributed by atoms with Gasteiger partial charge in [-0.25, -0.2) is 8.42 Å². The average Bonchev–Trinajstić information content (AvgIpc) is 2.50. The third-order valence-electron chi connectivity index (χ3n) is 2.88. The summed E-state index contributed by atoms with van der Waals surface area (Å²) < 4.78 is 31.8. The van der Waals surface area contributed by atoms with Crippen LogP contribution in [0.1, 0.15) is 27.7 Å². The van der Waals surface area contributed by atoms with E-state index in [1.165, 1.54) is 38.3 Å². The van der Waals surface area contributed by atoms with Crippen molar-refractivity contribution in [1.82, 2.24) is 20.9 Å². The number of methoxy groups -OCH3 is 1. The number of carbonyl (C=O) groups is 1. The van der Waals surface area contributed by atoms with Gasteiger partial charge >= 0.3 is 0 Å². The van der Waals surface area contributed by atoms with Crippen LogP contribution >= 0.6 is 12.2 Å². The summed E-state index contributed by atoms with van der Waals surface area (Å²) in [7, 11) is -2.35. The van der Waals surface area contributed by atoms with Crippen molar-refractivity contribution in [2.45, 2.75) is 44.2 Å². The molecule has 8 nitrogen and oxygen atoms in total. The molecule has 0 spiro atoms. The van der Waals surface area contributed by atoms with Gasteiger partial charge in [0.2, 0.25) is 10.0 Å². The van der Waals surface area contributed by atoms with Crippen molar-refractivity contribution < 1.29 is 17.9 Å². The topological polar surface area (TPSA) is 109 Å². The summed E-state index contributed by atoms with van der Waals surface area (Å²) in [5.74, 6) is -0.0380. The lowest BCUT2D eigenvalue weighted by atomic mass is 10.1. The molecule has 4 N–H and O–H groups in total. The molecule has 0 aromatic heterocycles. The lowest BCUT2D eigenvalue weighted by Gasteiger charge is -2.23. The first-order valence-corrected chi connectivity index (χ1v) is 9.38. The zero-order chi connectivity index (χ0) is 19.3. The molecule has 1 atom stereocenters. The Hall–Kier alpha value is -1.91. The van der Waals surface area contributed by atoms with Crippen LogP contribution < -0.4 is 25.6 Å². The number of amides is 1. The number of nitrogens with one attached hydrogen (secondary N) is 4. The molecule has 10 heteroatoms. The smallest absolute Gasteiger partial charge is 0.256 e. The van der Waals surface area contributed by atoms with Crippen molar-refractivity contribution in [2.75, 3.05) is 7.11 Å². The Balaban J connectivity index is 2.62. The zero-order valence-corrected chi connectivity index (χ0v) is 16.5. The van der Waals surface area contributed by atoms with Crippen molar-refractivity contribution in [1.29, 1.82) is 0 Å². The molecule has 1 aromatic rings. The van der Waals surface area contributed by atoms with E-state index < -0.39 is 22.0 Å². The molecule has 0 aliphatic rings. The van der Waals surface area contributed by atoms with Crippen LogP contribution in [-0.4, -0.2) is 38.1 Å². The lowest BCUT2D eigenvalue weighted by Crippen LogP contribution is -2.55. The van der Waals surface area contributed by atoms with Crippen molar-refractivity contribution in [3.8, 4) is 5.75 Å². The Morgan fingerprint density at radius 2 is 1.72 bits per heavy atom. The van der Waals surface area contributed by atoms with Gasteiger partial charge in [0.05, 0.1) is 18.0 Å². The summed E-state index contributed by atoms with van der Waals surface area (Å²) in [4.78, 5) is 12.0. The Kier molecular flexibility index (Phi) is 7.15. The van der Waals surface area contributed by atoms with Crippen LogP contribution in [0.3, 0.4) is 0 Å². The van der Waals surface area contributed by atoms with Crippen LogP contribution in [0.2, 0.25) is 0 Å². The fraction of sp³-hybridized carbons (Fsp3) is 0.467. The van der Waals surface area contributed by atoms with Gasteiger partial charge in [0.15, 0.2) is 5.11 Å². The van der Waals surface area contributed by atoms with Crippen LogP contribution in [0, 0.1) is 0 Å². The number of hydrogen-bond donors (Lipinski definition) is 4. The highest BCUT2D eigenvalue weighted by Crippen LogP contribution is 2.15. The van der Waals surface area contributed by atoms with Gasteiger partial charge in [-0.2, -0.15) is 4.72 Å². The Morgan fingerprint density at radius 1 is 1.16 bits per heavy atom. The van der Waals surface area contributed by atoms with E-state index in [-0.39, 0.29) is 15.5 Å². The molecular weight excluding hydrogens is 364 g/mol. The van der Waals surface area contributed by atoms with Crippen molar-refractivity contribution >= 4 is 33.3 Å². The highest BCUT2D eigenvalue weighted by Gasteiger charge is 2.22. The summed E-state index contributed by atoms with van der Waals surface area (Å²) in [6.45, 7) is 7.16. The maximum atomic E-state index is 12.3. The second-order valence-corrected chi connectivity index (χ2v) is 8.46. The minimum Gasteiger partial charge on any atom is -0.497 e. The summed E-state index contributed by atoms with van der Waals surface area (Å²) in [5.41, 5.74) is 4.62. The Bertz CT molecular complexity index is 712. The second kappa shape index (κ2) is 8.45. The average molecular weight is 389 g/mol. The van der Waals surface area contributed by atoms with Gasteiger partial charge in [-0.1, -0.05) is 0 Å².